The molecule has 0 aromatic rings. The third-order valence-electron chi connectivity index (χ3n) is 5.72. The molecule has 0 radical (unpaired) electrons. The van der Waals surface area contributed by atoms with Crippen molar-refractivity contribution in [3.8, 4) is 0 Å². The molecule has 2 rings (SSSR count). The van der Waals surface area contributed by atoms with Gasteiger partial charge in [-0.25, -0.2) is 0 Å². The van der Waals surface area contributed by atoms with Gasteiger partial charge in [0.1, 0.15) is 0 Å². The van der Waals surface area contributed by atoms with Crippen molar-refractivity contribution >= 4 is 30.7 Å². The molecule has 2 fully saturated rings. The number of piperidine rings is 1. The van der Waals surface area contributed by atoms with Crippen molar-refractivity contribution in [1.82, 2.24) is 9.80 Å². The number of rotatable bonds is 6. The largest absolute Gasteiger partial charge is 0.342 e. The van der Waals surface area contributed by atoms with Crippen LogP contribution in [0, 0.1) is 11.3 Å². The number of amides is 1. The Morgan fingerprint density at radius 1 is 1.13 bits per heavy atom. The molecule has 2 aliphatic rings. The maximum Gasteiger partial charge on any atom is 0.230 e. The predicted octanol–water partition coefficient (Wildman–Crippen LogP) is 2.93. The summed E-state index contributed by atoms with van der Waals surface area (Å²) in [5.41, 5.74) is 5.73. The number of hydrogen-bond acceptors (Lipinski definition) is 3. The SMILES string of the molecule is CCN(CC)CC1CCN(C(=O)C2(CN)CCCC2)CC1.Cl.Cl. The lowest BCUT2D eigenvalue weighted by molar-refractivity contribution is -0.143. The Kier molecular flexibility index (Phi) is 10.7. The molecule has 1 aliphatic carbocycles. The Hall–Kier alpha value is -0.0300. The van der Waals surface area contributed by atoms with Crippen LogP contribution in [0.15, 0.2) is 0 Å². The number of hydrogen-bond donors (Lipinski definition) is 1. The molecule has 1 amide bonds. The van der Waals surface area contributed by atoms with Gasteiger partial charge in [-0.1, -0.05) is 26.7 Å². The maximum atomic E-state index is 12.8. The van der Waals surface area contributed by atoms with E-state index in [1.54, 1.807) is 0 Å². The fourth-order valence-electron chi connectivity index (χ4n) is 4.06. The Balaban J connectivity index is 0.00000242. The summed E-state index contributed by atoms with van der Waals surface area (Å²) in [4.78, 5) is 17.4. The highest BCUT2D eigenvalue weighted by Crippen LogP contribution is 2.39. The van der Waals surface area contributed by atoms with E-state index in [2.05, 4.69) is 23.6 Å². The zero-order chi connectivity index (χ0) is 15.3. The van der Waals surface area contributed by atoms with Gasteiger partial charge in [0.25, 0.3) is 0 Å². The average molecular weight is 368 g/mol. The Morgan fingerprint density at radius 3 is 2.09 bits per heavy atom. The molecule has 4 nitrogen and oxygen atoms in total. The van der Waals surface area contributed by atoms with Gasteiger partial charge in [-0.3, -0.25) is 4.79 Å². The first-order chi connectivity index (χ1) is 10.1. The minimum absolute atomic E-state index is 0. The normalized spacial score (nSPS) is 21.0. The summed E-state index contributed by atoms with van der Waals surface area (Å²) in [5.74, 6) is 1.11. The fraction of sp³-hybridized carbons (Fsp3) is 0.941. The average Bonchev–Trinajstić information content (AvgIpc) is 3.02. The Labute approximate surface area is 154 Å². The van der Waals surface area contributed by atoms with Gasteiger partial charge in [0, 0.05) is 26.2 Å². The van der Waals surface area contributed by atoms with Crippen LogP contribution in [0.25, 0.3) is 0 Å². The molecule has 0 spiro atoms. The summed E-state index contributed by atoms with van der Waals surface area (Å²) in [6.45, 7) is 10.3. The Morgan fingerprint density at radius 2 is 1.65 bits per heavy atom. The number of nitrogens with zero attached hydrogens (tertiary/aromatic N) is 2. The molecule has 0 bridgehead atoms. The molecular formula is C17H35Cl2N3O. The van der Waals surface area contributed by atoms with Gasteiger partial charge >= 0.3 is 0 Å². The number of carbonyl (C=O) groups excluding carboxylic acids is 1. The number of nitrogens with two attached hydrogens (primary N) is 1. The molecule has 1 saturated heterocycles. The van der Waals surface area contributed by atoms with Crippen LogP contribution >= 0.6 is 24.8 Å². The third kappa shape index (κ3) is 5.48. The highest BCUT2D eigenvalue weighted by molar-refractivity contribution is 5.85. The van der Waals surface area contributed by atoms with Gasteiger partial charge in [0.15, 0.2) is 0 Å². The van der Waals surface area contributed by atoms with Gasteiger partial charge in [0.2, 0.25) is 5.91 Å². The van der Waals surface area contributed by atoms with Crippen molar-refractivity contribution in [3.63, 3.8) is 0 Å². The number of likely N-dealkylation sites (tertiary alicyclic amines) is 1. The third-order valence-corrected chi connectivity index (χ3v) is 5.72. The predicted molar refractivity (Wildman–Crippen MR) is 102 cm³/mol. The van der Waals surface area contributed by atoms with Gasteiger partial charge in [-0.05, 0) is 44.7 Å². The molecule has 2 N–H and O–H groups in total. The van der Waals surface area contributed by atoms with Gasteiger partial charge < -0.3 is 15.5 Å². The molecule has 0 atom stereocenters. The van der Waals surface area contributed by atoms with E-state index in [1.807, 2.05) is 0 Å². The molecule has 1 heterocycles. The van der Waals surface area contributed by atoms with Crippen molar-refractivity contribution in [3.05, 3.63) is 0 Å². The maximum absolute atomic E-state index is 12.8. The summed E-state index contributed by atoms with van der Waals surface area (Å²) in [5, 5.41) is 0. The number of halogens is 2. The topological polar surface area (TPSA) is 49.6 Å². The highest BCUT2D eigenvalue weighted by Gasteiger charge is 2.42. The lowest BCUT2D eigenvalue weighted by atomic mass is 9.83. The second-order valence-electron chi connectivity index (χ2n) is 6.91. The number of carbonyl (C=O) groups is 1. The van der Waals surface area contributed by atoms with Crippen molar-refractivity contribution in [2.75, 3.05) is 39.3 Å². The van der Waals surface area contributed by atoms with E-state index in [9.17, 15) is 4.79 Å². The van der Waals surface area contributed by atoms with E-state index < -0.39 is 0 Å². The summed E-state index contributed by atoms with van der Waals surface area (Å²) in [7, 11) is 0. The second-order valence-corrected chi connectivity index (χ2v) is 6.91. The van der Waals surface area contributed by atoms with Gasteiger partial charge in [-0.2, -0.15) is 0 Å². The molecule has 23 heavy (non-hydrogen) atoms. The Bertz CT molecular complexity index is 337. The van der Waals surface area contributed by atoms with E-state index in [1.165, 1.54) is 19.4 Å². The highest BCUT2D eigenvalue weighted by atomic mass is 35.5. The minimum Gasteiger partial charge on any atom is -0.342 e. The van der Waals surface area contributed by atoms with Crippen LogP contribution in [0.4, 0.5) is 0 Å². The molecule has 0 unspecified atom stereocenters. The van der Waals surface area contributed by atoms with E-state index in [0.717, 1.165) is 57.8 Å². The first-order valence-corrected chi connectivity index (χ1v) is 8.87. The van der Waals surface area contributed by atoms with E-state index in [-0.39, 0.29) is 30.2 Å². The standard InChI is InChI=1S/C17H33N3O.2ClH/c1-3-19(4-2)13-15-7-11-20(12-8-15)16(21)17(14-18)9-5-6-10-17;;/h15H,3-14,18H2,1-2H3;2*1H. The zero-order valence-corrected chi connectivity index (χ0v) is 16.4. The van der Waals surface area contributed by atoms with Crippen LogP contribution < -0.4 is 5.73 Å². The smallest absolute Gasteiger partial charge is 0.230 e. The van der Waals surface area contributed by atoms with Crippen LogP contribution in [0.1, 0.15) is 52.4 Å². The van der Waals surface area contributed by atoms with E-state index >= 15 is 0 Å². The van der Waals surface area contributed by atoms with Crippen LogP contribution in [0.2, 0.25) is 0 Å². The first-order valence-electron chi connectivity index (χ1n) is 8.87. The lowest BCUT2D eigenvalue weighted by Gasteiger charge is -2.39. The molecule has 0 aromatic carbocycles. The van der Waals surface area contributed by atoms with E-state index in [4.69, 9.17) is 5.73 Å². The van der Waals surface area contributed by atoms with Gasteiger partial charge in [-0.15, -0.1) is 24.8 Å². The second kappa shape index (κ2) is 10.8. The molecule has 6 heteroatoms. The molecule has 1 aliphatic heterocycles. The summed E-state index contributed by atoms with van der Waals surface area (Å²) < 4.78 is 0. The first kappa shape index (κ1) is 23.0. The summed E-state index contributed by atoms with van der Waals surface area (Å²) in [6.07, 6.45) is 6.65. The summed E-state index contributed by atoms with van der Waals surface area (Å²) >= 11 is 0. The lowest BCUT2D eigenvalue weighted by Crippen LogP contribution is -2.50. The molecule has 0 aromatic heterocycles. The summed E-state index contributed by atoms with van der Waals surface area (Å²) in [6, 6.07) is 0. The van der Waals surface area contributed by atoms with Crippen molar-refractivity contribution < 1.29 is 4.79 Å². The molecule has 138 valence electrons. The zero-order valence-electron chi connectivity index (χ0n) is 14.8. The fourth-order valence-corrected chi connectivity index (χ4v) is 4.06. The van der Waals surface area contributed by atoms with Gasteiger partial charge in [0.05, 0.1) is 5.41 Å². The van der Waals surface area contributed by atoms with Crippen LogP contribution in [0.5, 0.6) is 0 Å². The van der Waals surface area contributed by atoms with Crippen molar-refractivity contribution in [2.24, 2.45) is 17.1 Å². The monoisotopic (exact) mass is 367 g/mol. The van der Waals surface area contributed by atoms with Crippen molar-refractivity contribution in [2.45, 2.75) is 52.4 Å². The minimum atomic E-state index is -0.217. The van der Waals surface area contributed by atoms with Crippen LogP contribution in [-0.2, 0) is 4.79 Å². The van der Waals surface area contributed by atoms with Crippen LogP contribution in [0.3, 0.4) is 0 Å². The quantitative estimate of drug-likeness (QED) is 0.784. The van der Waals surface area contributed by atoms with Crippen LogP contribution in [-0.4, -0.2) is 55.0 Å². The van der Waals surface area contributed by atoms with Crippen molar-refractivity contribution in [1.29, 1.82) is 0 Å². The molecule has 1 saturated carbocycles. The van der Waals surface area contributed by atoms with E-state index in [0.29, 0.717) is 12.5 Å². The molecular weight excluding hydrogens is 333 g/mol.